The quantitative estimate of drug-likeness (QED) is 0.357. The monoisotopic (exact) mass is 270 g/mol. The molecule has 0 aromatic carbocycles. The third-order valence-corrected chi connectivity index (χ3v) is 2.58. The Morgan fingerprint density at radius 2 is 2.41 bits per heavy atom. The van der Waals surface area contributed by atoms with Crippen molar-refractivity contribution in [1.82, 2.24) is 4.98 Å². The van der Waals surface area contributed by atoms with Crippen molar-refractivity contribution in [2.45, 2.75) is 6.92 Å². The summed E-state index contributed by atoms with van der Waals surface area (Å²) in [7, 11) is 0. The van der Waals surface area contributed by atoms with E-state index in [0.717, 1.165) is 11.8 Å². The van der Waals surface area contributed by atoms with E-state index in [2.05, 4.69) is 16.8 Å². The molecule has 0 atom stereocenters. The maximum Gasteiger partial charge on any atom is 0.307 e. The van der Waals surface area contributed by atoms with Gasteiger partial charge in [0, 0.05) is 24.8 Å². The van der Waals surface area contributed by atoms with E-state index < -0.39 is 4.92 Å². The molecule has 1 heterocycles. The second-order valence-corrected chi connectivity index (χ2v) is 4.38. The molecule has 88 valence electrons. The molecule has 1 aromatic heterocycles. The highest BCUT2D eigenvalue weighted by Gasteiger charge is 2.13. The first-order valence-electron chi connectivity index (χ1n) is 4.43. The van der Waals surface area contributed by atoms with Gasteiger partial charge < -0.3 is 0 Å². The van der Waals surface area contributed by atoms with E-state index in [1.807, 2.05) is 0 Å². The third-order valence-electron chi connectivity index (χ3n) is 1.60. The lowest BCUT2D eigenvalue weighted by molar-refractivity contribution is -0.385. The van der Waals surface area contributed by atoms with E-state index in [4.69, 9.17) is 11.6 Å². The van der Waals surface area contributed by atoms with Crippen molar-refractivity contribution in [3.05, 3.63) is 33.1 Å². The molecule has 0 aliphatic heterocycles. The van der Waals surface area contributed by atoms with Gasteiger partial charge in [-0.25, -0.2) is 4.98 Å². The number of aromatic nitrogens is 1. The highest BCUT2D eigenvalue weighted by molar-refractivity contribution is 8.13. The number of carbonyl (C=O) groups is 1. The predicted octanol–water partition coefficient (Wildman–Crippen LogP) is 2.27. The van der Waals surface area contributed by atoms with Crippen molar-refractivity contribution in [1.29, 1.82) is 0 Å². The van der Waals surface area contributed by atoms with Crippen LogP contribution in [0.2, 0.25) is 5.15 Å². The third kappa shape index (κ3) is 4.43. The van der Waals surface area contributed by atoms with Gasteiger partial charge in [0.25, 0.3) is 0 Å². The maximum atomic E-state index is 10.6. The van der Waals surface area contributed by atoms with Crippen LogP contribution < -0.4 is 0 Å². The number of thioether (sulfide) groups is 1. The summed E-state index contributed by atoms with van der Waals surface area (Å²) in [5, 5.41) is 10.4. The van der Waals surface area contributed by atoms with E-state index in [1.165, 1.54) is 19.2 Å². The van der Waals surface area contributed by atoms with Gasteiger partial charge in [0.15, 0.2) is 5.12 Å². The highest BCUT2D eigenvalue weighted by atomic mass is 35.5. The van der Waals surface area contributed by atoms with Crippen molar-refractivity contribution in [2.24, 2.45) is 0 Å². The Balaban J connectivity index is 2.82. The molecule has 17 heavy (non-hydrogen) atoms. The van der Waals surface area contributed by atoms with Gasteiger partial charge in [0.05, 0.1) is 10.7 Å². The molecule has 1 aromatic rings. The van der Waals surface area contributed by atoms with Crippen molar-refractivity contribution in [3.63, 3.8) is 0 Å². The zero-order valence-electron chi connectivity index (χ0n) is 8.77. The Kier molecular flexibility index (Phi) is 4.94. The Morgan fingerprint density at radius 1 is 1.71 bits per heavy atom. The molecule has 0 N–H and O–H groups in total. The molecule has 1 rings (SSSR count). The SMILES string of the molecule is CC(=O)SCC#Cc1cnc(Cl)c([N+](=O)[O-])c1. The van der Waals surface area contributed by atoms with Crippen molar-refractivity contribution >= 4 is 34.2 Å². The predicted molar refractivity (Wildman–Crippen MR) is 65.9 cm³/mol. The molecule has 0 saturated heterocycles. The molecule has 0 saturated carbocycles. The number of hydrogen-bond donors (Lipinski definition) is 0. The van der Waals surface area contributed by atoms with Crippen LogP contribution in [0.4, 0.5) is 5.69 Å². The summed E-state index contributed by atoms with van der Waals surface area (Å²) in [5.74, 6) is 5.72. The highest BCUT2D eigenvalue weighted by Crippen LogP contribution is 2.21. The van der Waals surface area contributed by atoms with Crippen molar-refractivity contribution < 1.29 is 9.72 Å². The minimum Gasteiger partial charge on any atom is -0.288 e. The lowest BCUT2D eigenvalue weighted by atomic mass is 10.3. The lowest BCUT2D eigenvalue weighted by Gasteiger charge is -1.94. The molecule has 0 fully saturated rings. The molecule has 0 bridgehead atoms. The molecular formula is C10H7ClN2O3S. The summed E-state index contributed by atoms with van der Waals surface area (Å²) < 4.78 is 0. The molecule has 5 nitrogen and oxygen atoms in total. The first-order valence-corrected chi connectivity index (χ1v) is 5.79. The van der Waals surface area contributed by atoms with Crippen LogP contribution >= 0.6 is 23.4 Å². The van der Waals surface area contributed by atoms with E-state index >= 15 is 0 Å². The number of pyridine rings is 1. The fourth-order valence-electron chi connectivity index (χ4n) is 0.909. The summed E-state index contributed by atoms with van der Waals surface area (Å²) in [6.07, 6.45) is 1.35. The summed E-state index contributed by atoms with van der Waals surface area (Å²) in [6.45, 7) is 1.45. The van der Waals surface area contributed by atoms with Crippen LogP contribution in [-0.2, 0) is 4.79 Å². The number of nitrogens with zero attached hydrogens (tertiary/aromatic N) is 2. The van der Waals surface area contributed by atoms with E-state index in [0.29, 0.717) is 11.3 Å². The minimum atomic E-state index is -0.620. The van der Waals surface area contributed by atoms with Crippen LogP contribution in [0.3, 0.4) is 0 Å². The van der Waals surface area contributed by atoms with Gasteiger partial charge in [-0.1, -0.05) is 35.2 Å². The Bertz CT molecular complexity index is 522. The van der Waals surface area contributed by atoms with Gasteiger partial charge in [-0.2, -0.15) is 0 Å². The summed E-state index contributed by atoms with van der Waals surface area (Å²) in [6, 6.07) is 1.25. The van der Waals surface area contributed by atoms with Crippen LogP contribution in [0.15, 0.2) is 12.3 Å². The first kappa shape index (κ1) is 13.5. The maximum absolute atomic E-state index is 10.6. The Morgan fingerprint density at radius 3 is 3.00 bits per heavy atom. The largest absolute Gasteiger partial charge is 0.307 e. The average Bonchev–Trinajstić information content (AvgIpc) is 2.25. The van der Waals surface area contributed by atoms with Crippen LogP contribution in [0.1, 0.15) is 12.5 Å². The molecule has 0 aliphatic rings. The fraction of sp³-hybridized carbons (Fsp3) is 0.200. The van der Waals surface area contributed by atoms with Crippen LogP contribution in [0.25, 0.3) is 0 Å². The fourth-order valence-corrected chi connectivity index (χ4v) is 1.43. The molecule has 0 radical (unpaired) electrons. The van der Waals surface area contributed by atoms with Gasteiger partial charge in [-0.05, 0) is 0 Å². The average molecular weight is 271 g/mol. The van der Waals surface area contributed by atoms with Gasteiger partial charge in [0.1, 0.15) is 0 Å². The van der Waals surface area contributed by atoms with Crippen molar-refractivity contribution in [3.8, 4) is 11.8 Å². The van der Waals surface area contributed by atoms with E-state index in [1.54, 1.807) is 0 Å². The van der Waals surface area contributed by atoms with Gasteiger partial charge in [-0.3, -0.25) is 14.9 Å². The van der Waals surface area contributed by atoms with E-state index in [9.17, 15) is 14.9 Å². The van der Waals surface area contributed by atoms with Crippen LogP contribution in [0, 0.1) is 22.0 Å². The number of halogens is 1. The summed E-state index contributed by atoms with van der Waals surface area (Å²) >= 11 is 6.62. The Hall–Kier alpha value is -1.58. The minimum absolute atomic E-state index is 0.0282. The van der Waals surface area contributed by atoms with Gasteiger partial charge in [-0.15, -0.1) is 0 Å². The second-order valence-electron chi connectivity index (χ2n) is 2.87. The molecule has 0 aliphatic carbocycles. The van der Waals surface area contributed by atoms with Gasteiger partial charge >= 0.3 is 5.69 Å². The number of rotatable bonds is 2. The van der Waals surface area contributed by atoms with Crippen LogP contribution in [-0.4, -0.2) is 20.8 Å². The lowest BCUT2D eigenvalue weighted by Crippen LogP contribution is -1.92. The zero-order chi connectivity index (χ0) is 12.8. The summed E-state index contributed by atoms with van der Waals surface area (Å²) in [4.78, 5) is 24.2. The molecule has 0 amide bonds. The standard InChI is InChI=1S/C10H7ClN2O3S/c1-7(14)17-4-2-3-8-5-9(13(15)16)10(11)12-6-8/h5-6H,4H2,1H3. The van der Waals surface area contributed by atoms with E-state index in [-0.39, 0.29) is 16.0 Å². The number of carbonyl (C=O) groups excluding carboxylic acids is 1. The molecular weight excluding hydrogens is 264 g/mol. The second kappa shape index (κ2) is 6.23. The van der Waals surface area contributed by atoms with Gasteiger partial charge in [0.2, 0.25) is 5.15 Å². The van der Waals surface area contributed by atoms with Crippen molar-refractivity contribution in [2.75, 3.05) is 5.75 Å². The molecule has 7 heteroatoms. The Labute approximate surface area is 107 Å². The number of nitro groups is 1. The zero-order valence-corrected chi connectivity index (χ0v) is 10.3. The summed E-state index contributed by atoms with van der Waals surface area (Å²) in [5.41, 5.74) is 0.114. The smallest absolute Gasteiger partial charge is 0.288 e. The number of hydrogen-bond acceptors (Lipinski definition) is 5. The topological polar surface area (TPSA) is 73.1 Å². The normalized spacial score (nSPS) is 9.29. The molecule has 0 spiro atoms. The molecule has 0 unspecified atom stereocenters. The first-order chi connectivity index (χ1) is 8.00. The van der Waals surface area contributed by atoms with Crippen LogP contribution in [0.5, 0.6) is 0 Å².